The van der Waals surface area contributed by atoms with E-state index in [0.717, 1.165) is 6.42 Å². The molecule has 0 aromatic rings. The molecule has 0 spiro atoms. The summed E-state index contributed by atoms with van der Waals surface area (Å²) < 4.78 is 4.76. The summed E-state index contributed by atoms with van der Waals surface area (Å²) in [5, 5.41) is 0. The standard InChI is InChI=1S/C13H22N2O4/c1-4-19-13(18)11(16)10(8(2)3)15-7-5-6-9(15)12(14)17/h8-10H,4-7H2,1-3H3,(H2,14,17)/t9-,10?/m0/s1. The van der Waals surface area contributed by atoms with Crippen LogP contribution in [0.1, 0.15) is 33.6 Å². The maximum Gasteiger partial charge on any atom is 0.376 e. The highest BCUT2D eigenvalue weighted by Crippen LogP contribution is 2.24. The molecule has 1 fully saturated rings. The van der Waals surface area contributed by atoms with Crippen molar-refractivity contribution in [3.63, 3.8) is 0 Å². The van der Waals surface area contributed by atoms with Gasteiger partial charge in [-0.3, -0.25) is 14.5 Å². The molecule has 1 heterocycles. The number of likely N-dealkylation sites (tertiary alicyclic amines) is 1. The van der Waals surface area contributed by atoms with Crippen LogP contribution in [0.15, 0.2) is 0 Å². The average molecular weight is 270 g/mol. The lowest BCUT2D eigenvalue weighted by Gasteiger charge is -2.32. The lowest BCUT2D eigenvalue weighted by atomic mass is 9.97. The summed E-state index contributed by atoms with van der Waals surface area (Å²) in [6.07, 6.45) is 1.43. The molecule has 1 saturated heterocycles. The molecule has 1 amide bonds. The van der Waals surface area contributed by atoms with Crippen molar-refractivity contribution in [2.75, 3.05) is 13.2 Å². The first-order chi connectivity index (χ1) is 8.90. The first kappa shape index (κ1) is 15.6. The largest absolute Gasteiger partial charge is 0.460 e. The lowest BCUT2D eigenvalue weighted by molar-refractivity contribution is -0.157. The molecule has 0 bridgehead atoms. The van der Waals surface area contributed by atoms with Crippen LogP contribution in [0.3, 0.4) is 0 Å². The molecule has 2 atom stereocenters. The van der Waals surface area contributed by atoms with Crippen LogP contribution >= 0.6 is 0 Å². The molecule has 1 unspecified atom stereocenters. The lowest BCUT2D eigenvalue weighted by Crippen LogP contribution is -2.53. The van der Waals surface area contributed by atoms with Crippen LogP contribution in [-0.4, -0.2) is 47.8 Å². The summed E-state index contributed by atoms with van der Waals surface area (Å²) in [4.78, 5) is 36.9. The predicted molar refractivity (Wildman–Crippen MR) is 69.2 cm³/mol. The van der Waals surface area contributed by atoms with Gasteiger partial charge in [0.05, 0.1) is 18.7 Å². The van der Waals surface area contributed by atoms with Crippen molar-refractivity contribution >= 4 is 17.7 Å². The van der Waals surface area contributed by atoms with Crippen LogP contribution < -0.4 is 5.73 Å². The molecule has 0 radical (unpaired) electrons. The Bertz CT molecular complexity index is 368. The summed E-state index contributed by atoms with van der Waals surface area (Å²) in [5.41, 5.74) is 5.35. The number of amides is 1. The highest BCUT2D eigenvalue weighted by molar-refractivity contribution is 6.35. The molecule has 1 rings (SSSR count). The van der Waals surface area contributed by atoms with Gasteiger partial charge in [-0.05, 0) is 32.2 Å². The molecule has 6 nitrogen and oxygen atoms in total. The summed E-state index contributed by atoms with van der Waals surface area (Å²) in [7, 11) is 0. The molecular formula is C13H22N2O4. The second-order valence-corrected chi connectivity index (χ2v) is 5.07. The maximum absolute atomic E-state index is 12.2. The minimum atomic E-state index is -0.837. The van der Waals surface area contributed by atoms with E-state index < -0.39 is 29.7 Å². The summed E-state index contributed by atoms with van der Waals surface area (Å²) >= 11 is 0. The monoisotopic (exact) mass is 270 g/mol. The second-order valence-electron chi connectivity index (χ2n) is 5.07. The van der Waals surface area contributed by atoms with Crippen LogP contribution in [0.2, 0.25) is 0 Å². The van der Waals surface area contributed by atoms with Gasteiger partial charge in [0.25, 0.3) is 5.78 Å². The molecule has 19 heavy (non-hydrogen) atoms. The van der Waals surface area contributed by atoms with Gasteiger partial charge in [-0.15, -0.1) is 0 Å². The topological polar surface area (TPSA) is 89.7 Å². The van der Waals surface area contributed by atoms with E-state index in [9.17, 15) is 14.4 Å². The van der Waals surface area contributed by atoms with Crippen molar-refractivity contribution in [2.45, 2.75) is 45.7 Å². The Morgan fingerprint density at radius 2 is 2.00 bits per heavy atom. The van der Waals surface area contributed by atoms with Crippen LogP contribution in [0.5, 0.6) is 0 Å². The van der Waals surface area contributed by atoms with Gasteiger partial charge in [-0.2, -0.15) is 0 Å². The zero-order chi connectivity index (χ0) is 14.6. The van der Waals surface area contributed by atoms with E-state index in [0.29, 0.717) is 13.0 Å². The molecule has 1 aliphatic heterocycles. The van der Waals surface area contributed by atoms with E-state index in [1.165, 1.54) is 0 Å². The van der Waals surface area contributed by atoms with E-state index >= 15 is 0 Å². The van der Waals surface area contributed by atoms with Gasteiger partial charge >= 0.3 is 5.97 Å². The highest BCUT2D eigenvalue weighted by atomic mass is 16.5. The third-order valence-corrected chi connectivity index (χ3v) is 3.36. The van der Waals surface area contributed by atoms with Crippen molar-refractivity contribution in [2.24, 2.45) is 11.7 Å². The number of carbonyl (C=O) groups is 3. The zero-order valence-corrected chi connectivity index (χ0v) is 11.7. The minimum absolute atomic E-state index is 0.0862. The van der Waals surface area contributed by atoms with Gasteiger partial charge in [0.2, 0.25) is 5.91 Å². The Morgan fingerprint density at radius 1 is 1.37 bits per heavy atom. The van der Waals surface area contributed by atoms with Crippen LogP contribution in [-0.2, 0) is 19.1 Å². The number of hydrogen-bond donors (Lipinski definition) is 1. The van der Waals surface area contributed by atoms with Crippen molar-refractivity contribution in [3.8, 4) is 0 Å². The van der Waals surface area contributed by atoms with Gasteiger partial charge in [-0.25, -0.2) is 4.79 Å². The number of carbonyl (C=O) groups excluding carboxylic acids is 3. The Kier molecular flexibility index (Phi) is 5.47. The zero-order valence-electron chi connectivity index (χ0n) is 11.7. The normalized spacial score (nSPS) is 21.4. The number of ether oxygens (including phenoxy) is 1. The predicted octanol–water partition coefficient (Wildman–Crippen LogP) is 0.0929. The van der Waals surface area contributed by atoms with Crippen molar-refractivity contribution in [3.05, 3.63) is 0 Å². The number of rotatable bonds is 6. The van der Waals surface area contributed by atoms with Crippen molar-refractivity contribution in [1.29, 1.82) is 0 Å². The summed E-state index contributed by atoms with van der Waals surface area (Å²) in [5.74, 6) is -1.96. The first-order valence-corrected chi connectivity index (χ1v) is 6.66. The van der Waals surface area contributed by atoms with Gasteiger partial charge < -0.3 is 10.5 Å². The van der Waals surface area contributed by atoms with Crippen molar-refractivity contribution < 1.29 is 19.1 Å². The van der Waals surface area contributed by atoms with E-state index in [4.69, 9.17) is 10.5 Å². The number of ketones is 1. The Morgan fingerprint density at radius 3 is 2.47 bits per heavy atom. The Labute approximate surface area is 113 Å². The van der Waals surface area contributed by atoms with Crippen molar-refractivity contribution in [1.82, 2.24) is 4.90 Å². The molecule has 2 N–H and O–H groups in total. The fraction of sp³-hybridized carbons (Fsp3) is 0.769. The average Bonchev–Trinajstić information content (AvgIpc) is 2.78. The molecule has 1 aliphatic rings. The maximum atomic E-state index is 12.2. The Hall–Kier alpha value is -1.43. The van der Waals surface area contributed by atoms with Gasteiger partial charge in [0, 0.05) is 0 Å². The number of Topliss-reactive ketones (excluding diaryl/α,β-unsaturated/α-hetero) is 1. The van der Waals surface area contributed by atoms with Crippen LogP contribution in [0, 0.1) is 5.92 Å². The smallest absolute Gasteiger partial charge is 0.376 e. The third-order valence-electron chi connectivity index (χ3n) is 3.36. The fourth-order valence-corrected chi connectivity index (χ4v) is 2.59. The highest BCUT2D eigenvalue weighted by Gasteiger charge is 2.41. The van der Waals surface area contributed by atoms with E-state index in [1.807, 2.05) is 13.8 Å². The Balaban J connectivity index is 2.91. The molecule has 0 aromatic heterocycles. The van der Waals surface area contributed by atoms with Gasteiger partial charge in [-0.1, -0.05) is 13.8 Å². The minimum Gasteiger partial charge on any atom is -0.460 e. The van der Waals surface area contributed by atoms with Crippen LogP contribution in [0.25, 0.3) is 0 Å². The fourth-order valence-electron chi connectivity index (χ4n) is 2.59. The number of nitrogens with two attached hydrogens (primary N) is 1. The van der Waals surface area contributed by atoms with E-state index in [1.54, 1.807) is 11.8 Å². The number of primary amides is 1. The van der Waals surface area contributed by atoms with E-state index in [-0.39, 0.29) is 12.5 Å². The quantitative estimate of drug-likeness (QED) is 0.546. The number of hydrogen-bond acceptors (Lipinski definition) is 5. The SMILES string of the molecule is CCOC(=O)C(=O)C(C(C)C)N1CCC[C@H]1C(N)=O. The molecule has 0 aromatic carbocycles. The third kappa shape index (κ3) is 3.53. The molecule has 6 heteroatoms. The second kappa shape index (κ2) is 6.65. The van der Waals surface area contributed by atoms with E-state index in [2.05, 4.69) is 0 Å². The number of nitrogens with zero attached hydrogens (tertiary/aromatic N) is 1. The van der Waals surface area contributed by atoms with Crippen LogP contribution in [0.4, 0.5) is 0 Å². The molecule has 0 saturated carbocycles. The summed E-state index contributed by atoms with van der Waals surface area (Å²) in [6.45, 7) is 6.10. The number of esters is 1. The van der Waals surface area contributed by atoms with Gasteiger partial charge in [0.15, 0.2) is 0 Å². The molecular weight excluding hydrogens is 248 g/mol. The molecule has 0 aliphatic carbocycles. The summed E-state index contributed by atoms with van der Waals surface area (Å²) in [6, 6.07) is -1.11. The molecule has 108 valence electrons. The van der Waals surface area contributed by atoms with Gasteiger partial charge in [0.1, 0.15) is 0 Å². The first-order valence-electron chi connectivity index (χ1n) is 6.66.